The second-order valence-electron chi connectivity index (χ2n) is 8.58. The number of carbonyl (C=O) groups is 1. The number of benzene rings is 1. The number of β-amino-alcohol motifs (C(OH)–C–C–N with tert-alkyl or cyclic N) is 1. The first-order valence-electron chi connectivity index (χ1n) is 9.94. The molecule has 4 heteroatoms. The monoisotopic (exact) mass is 354 g/mol. The second kappa shape index (κ2) is 6.50. The number of nitrogens with zero attached hydrogens (tertiary/aromatic N) is 2. The van der Waals surface area contributed by atoms with Crippen LogP contribution in [0.25, 0.3) is 10.9 Å². The average Bonchev–Trinajstić information content (AvgIpc) is 2.94. The topological polar surface area (TPSA) is 45.5 Å². The Labute approximate surface area is 155 Å². The molecule has 0 unspecified atom stereocenters. The van der Waals surface area contributed by atoms with Crippen LogP contribution in [0.2, 0.25) is 0 Å². The van der Waals surface area contributed by atoms with Gasteiger partial charge in [0.05, 0.1) is 5.60 Å². The van der Waals surface area contributed by atoms with Gasteiger partial charge in [-0.3, -0.25) is 9.69 Å². The van der Waals surface area contributed by atoms with Crippen LogP contribution in [0.1, 0.15) is 56.6 Å². The van der Waals surface area contributed by atoms with E-state index in [9.17, 15) is 9.90 Å². The quantitative estimate of drug-likeness (QED) is 0.894. The van der Waals surface area contributed by atoms with E-state index in [2.05, 4.69) is 40.9 Å². The van der Waals surface area contributed by atoms with Crippen molar-refractivity contribution < 1.29 is 9.90 Å². The lowest BCUT2D eigenvalue weighted by Gasteiger charge is -2.48. The van der Waals surface area contributed by atoms with Crippen molar-refractivity contribution in [1.29, 1.82) is 0 Å². The van der Waals surface area contributed by atoms with E-state index in [1.165, 1.54) is 22.0 Å². The first kappa shape index (κ1) is 17.7. The van der Waals surface area contributed by atoms with Gasteiger partial charge in [-0.15, -0.1) is 0 Å². The maximum atomic E-state index is 11.6. The Morgan fingerprint density at radius 3 is 2.96 bits per heavy atom. The van der Waals surface area contributed by atoms with Crippen LogP contribution >= 0.6 is 0 Å². The number of Topliss-reactive ketones (excluding diaryl/α,β-unsaturated/α-hetero) is 1. The van der Waals surface area contributed by atoms with E-state index in [4.69, 9.17) is 0 Å². The highest BCUT2D eigenvalue weighted by molar-refractivity contribution is 5.89. The first-order chi connectivity index (χ1) is 12.4. The molecule has 1 saturated heterocycles. The molecule has 26 heavy (non-hydrogen) atoms. The van der Waals surface area contributed by atoms with Crippen molar-refractivity contribution in [2.45, 2.75) is 70.1 Å². The number of carbonyl (C=O) groups excluding carboxylic acids is 1. The summed E-state index contributed by atoms with van der Waals surface area (Å²) in [5.41, 5.74) is 3.47. The van der Waals surface area contributed by atoms with Gasteiger partial charge in [0.25, 0.3) is 0 Å². The molecule has 1 aliphatic heterocycles. The van der Waals surface area contributed by atoms with Gasteiger partial charge in [0.15, 0.2) is 0 Å². The SMILES string of the molecule is CCC(=O)CCCn1cc2c3c(cccc31)[C@H]1C[C@](C)(O)CN(C)[C@@H]1C2. The summed E-state index contributed by atoms with van der Waals surface area (Å²) >= 11 is 0. The molecule has 2 aromatic rings. The van der Waals surface area contributed by atoms with E-state index in [0.717, 1.165) is 32.4 Å². The predicted molar refractivity (Wildman–Crippen MR) is 105 cm³/mol. The van der Waals surface area contributed by atoms with E-state index < -0.39 is 5.60 Å². The lowest BCUT2D eigenvalue weighted by molar-refractivity contribution is -0.118. The predicted octanol–water partition coefficient (Wildman–Crippen LogP) is 3.50. The molecule has 1 fully saturated rings. The lowest BCUT2D eigenvalue weighted by atomic mass is 9.71. The highest BCUT2D eigenvalue weighted by atomic mass is 16.3. The molecule has 2 aliphatic rings. The van der Waals surface area contributed by atoms with Crippen LogP contribution in [0.15, 0.2) is 24.4 Å². The molecule has 1 aliphatic carbocycles. The number of likely N-dealkylation sites (N-methyl/N-ethyl adjacent to an activating group) is 1. The average molecular weight is 354 g/mol. The zero-order chi connectivity index (χ0) is 18.5. The van der Waals surface area contributed by atoms with E-state index >= 15 is 0 Å². The lowest BCUT2D eigenvalue weighted by Crippen LogP contribution is -2.54. The van der Waals surface area contributed by atoms with Crippen molar-refractivity contribution in [3.8, 4) is 0 Å². The van der Waals surface area contributed by atoms with E-state index in [1.807, 2.05) is 13.8 Å². The Bertz CT molecular complexity index is 836. The van der Waals surface area contributed by atoms with E-state index in [0.29, 0.717) is 30.6 Å². The van der Waals surface area contributed by atoms with Crippen LogP contribution < -0.4 is 0 Å². The zero-order valence-electron chi connectivity index (χ0n) is 16.2. The smallest absolute Gasteiger partial charge is 0.132 e. The molecule has 3 atom stereocenters. The number of rotatable bonds is 5. The second-order valence-corrected chi connectivity index (χ2v) is 8.58. The molecule has 1 N–H and O–H groups in total. The summed E-state index contributed by atoms with van der Waals surface area (Å²) in [5, 5.41) is 12.1. The molecule has 2 heterocycles. The minimum absolute atomic E-state index is 0.349. The van der Waals surface area contributed by atoms with Gasteiger partial charge >= 0.3 is 0 Å². The van der Waals surface area contributed by atoms with Crippen molar-refractivity contribution in [1.82, 2.24) is 9.47 Å². The molecule has 1 aromatic heterocycles. The molecule has 0 radical (unpaired) electrons. The number of aryl methyl sites for hydroxylation is 1. The summed E-state index contributed by atoms with van der Waals surface area (Å²) in [6.45, 7) is 5.53. The maximum absolute atomic E-state index is 11.6. The number of ketones is 1. The van der Waals surface area contributed by atoms with Crippen molar-refractivity contribution in [2.24, 2.45) is 0 Å². The third-order valence-electron chi connectivity index (χ3n) is 6.37. The van der Waals surface area contributed by atoms with Gasteiger partial charge in [0, 0.05) is 55.0 Å². The fourth-order valence-corrected chi connectivity index (χ4v) is 5.22. The Balaban J connectivity index is 1.68. The van der Waals surface area contributed by atoms with Gasteiger partial charge in [-0.25, -0.2) is 0 Å². The van der Waals surface area contributed by atoms with Crippen LogP contribution in [0.4, 0.5) is 0 Å². The fraction of sp³-hybridized carbons (Fsp3) is 0.591. The van der Waals surface area contributed by atoms with Crippen LogP contribution in [-0.4, -0.2) is 45.6 Å². The summed E-state index contributed by atoms with van der Waals surface area (Å²) in [5.74, 6) is 0.735. The van der Waals surface area contributed by atoms with E-state index in [1.54, 1.807) is 0 Å². The Morgan fingerprint density at radius 1 is 1.38 bits per heavy atom. The largest absolute Gasteiger partial charge is 0.389 e. The number of aromatic nitrogens is 1. The number of piperidine rings is 1. The highest BCUT2D eigenvalue weighted by Crippen LogP contribution is 2.45. The van der Waals surface area contributed by atoms with Crippen molar-refractivity contribution in [3.63, 3.8) is 0 Å². The summed E-state index contributed by atoms with van der Waals surface area (Å²) in [4.78, 5) is 14.0. The zero-order valence-corrected chi connectivity index (χ0v) is 16.2. The van der Waals surface area contributed by atoms with Gasteiger partial charge < -0.3 is 9.67 Å². The first-order valence-corrected chi connectivity index (χ1v) is 9.94. The Hall–Kier alpha value is -1.65. The summed E-state index contributed by atoms with van der Waals surface area (Å²) in [7, 11) is 2.14. The standard InChI is InChI=1S/C22H30N2O2/c1-4-16(25)7-6-10-24-13-15-11-20-18(12-22(2,26)14-23(20)3)17-8-5-9-19(24)21(15)17/h5,8-9,13,18,20,26H,4,6-7,10-12,14H2,1-3H3/t18-,20-,22+/m1/s1. The molecule has 140 valence electrons. The van der Waals surface area contributed by atoms with Crippen molar-refractivity contribution in [3.05, 3.63) is 35.5 Å². The summed E-state index contributed by atoms with van der Waals surface area (Å²) < 4.78 is 2.34. The minimum Gasteiger partial charge on any atom is -0.389 e. The van der Waals surface area contributed by atoms with Gasteiger partial charge in [0.2, 0.25) is 0 Å². The molecule has 4 rings (SSSR count). The van der Waals surface area contributed by atoms with Gasteiger partial charge in [-0.2, -0.15) is 0 Å². The summed E-state index contributed by atoms with van der Waals surface area (Å²) in [6.07, 6.45) is 6.39. The molecular formula is C22H30N2O2. The molecule has 4 nitrogen and oxygen atoms in total. The van der Waals surface area contributed by atoms with Crippen LogP contribution in [0.5, 0.6) is 0 Å². The number of hydrogen-bond donors (Lipinski definition) is 1. The minimum atomic E-state index is -0.626. The Kier molecular flexibility index (Phi) is 4.44. The number of aliphatic hydroxyl groups is 1. The van der Waals surface area contributed by atoms with Crippen molar-refractivity contribution >= 4 is 16.7 Å². The highest BCUT2D eigenvalue weighted by Gasteiger charge is 2.43. The van der Waals surface area contributed by atoms with Crippen LogP contribution in [0, 0.1) is 0 Å². The Morgan fingerprint density at radius 2 is 2.19 bits per heavy atom. The normalized spacial score (nSPS) is 28.3. The molecule has 0 bridgehead atoms. The molecular weight excluding hydrogens is 324 g/mol. The number of fused-ring (bicyclic) bond motifs is 2. The van der Waals surface area contributed by atoms with E-state index in [-0.39, 0.29) is 0 Å². The molecule has 0 amide bonds. The van der Waals surface area contributed by atoms with Gasteiger partial charge in [0.1, 0.15) is 5.78 Å². The molecule has 0 spiro atoms. The third kappa shape index (κ3) is 2.99. The van der Waals surface area contributed by atoms with Gasteiger partial charge in [-0.1, -0.05) is 19.1 Å². The number of likely N-dealkylation sites (tertiary alicyclic amines) is 1. The summed E-state index contributed by atoms with van der Waals surface area (Å²) in [6, 6.07) is 7.07. The molecule has 0 saturated carbocycles. The molecule has 1 aromatic carbocycles. The third-order valence-corrected chi connectivity index (χ3v) is 6.37. The maximum Gasteiger partial charge on any atom is 0.132 e. The number of hydrogen-bond acceptors (Lipinski definition) is 3. The van der Waals surface area contributed by atoms with Gasteiger partial charge in [-0.05, 0) is 50.4 Å². The van der Waals surface area contributed by atoms with Crippen molar-refractivity contribution in [2.75, 3.05) is 13.6 Å². The fourth-order valence-electron chi connectivity index (χ4n) is 5.22. The van der Waals surface area contributed by atoms with Crippen LogP contribution in [0.3, 0.4) is 0 Å². The van der Waals surface area contributed by atoms with Crippen LogP contribution in [-0.2, 0) is 17.8 Å².